The summed E-state index contributed by atoms with van der Waals surface area (Å²) in [5, 5.41) is 10.3. The lowest BCUT2D eigenvalue weighted by Gasteiger charge is -2.14. The van der Waals surface area contributed by atoms with Gasteiger partial charge in [0.25, 0.3) is 5.91 Å². The fraction of sp³-hybridized carbons (Fsp3) is 0.111. The highest BCUT2D eigenvalue weighted by molar-refractivity contribution is 8.27. The Hall–Kier alpha value is -2.02. The van der Waals surface area contributed by atoms with Gasteiger partial charge in [-0.2, -0.15) is 0 Å². The van der Waals surface area contributed by atoms with Crippen molar-refractivity contribution < 1.29 is 14.6 Å². The summed E-state index contributed by atoms with van der Waals surface area (Å²) in [5.41, 5.74) is 1.38. The summed E-state index contributed by atoms with van der Waals surface area (Å²) in [7, 11) is 0. The second-order valence-corrected chi connectivity index (χ2v) is 7.27. The molecule has 1 heterocycles. The van der Waals surface area contributed by atoms with Crippen molar-refractivity contribution in [1.29, 1.82) is 0 Å². The summed E-state index contributed by atoms with van der Waals surface area (Å²) in [6.07, 6.45) is 1.73. The van der Waals surface area contributed by atoms with Crippen LogP contribution in [0.3, 0.4) is 0 Å². The number of amides is 1. The van der Waals surface area contributed by atoms with Gasteiger partial charge in [-0.3, -0.25) is 9.69 Å². The Balaban J connectivity index is 1.92. The lowest BCUT2D eigenvalue weighted by atomic mass is 10.2. The molecule has 4 nitrogen and oxygen atoms in total. The quantitative estimate of drug-likeness (QED) is 0.596. The van der Waals surface area contributed by atoms with E-state index in [-0.39, 0.29) is 11.7 Å². The normalized spacial score (nSPS) is 15.9. The number of phenols is 1. The number of thioether (sulfide) groups is 1. The smallest absolute Gasteiger partial charge is 0.270 e. The van der Waals surface area contributed by atoms with Gasteiger partial charge in [-0.25, -0.2) is 0 Å². The maximum Gasteiger partial charge on any atom is 0.270 e. The zero-order valence-corrected chi connectivity index (χ0v) is 15.6. The minimum Gasteiger partial charge on any atom is -0.504 e. The number of nitrogens with zero attached hydrogens (tertiary/aromatic N) is 1. The van der Waals surface area contributed by atoms with Crippen molar-refractivity contribution in [3.8, 4) is 11.5 Å². The number of hydrogen-bond acceptors (Lipinski definition) is 5. The Morgan fingerprint density at radius 1 is 1.32 bits per heavy atom. The SMILES string of the molecule is CCOc1cc(/C=C2\SC(=S)N(c3cccc(Cl)c3)C2=O)ccc1O. The monoisotopic (exact) mass is 391 g/mol. The molecule has 1 N–H and O–H groups in total. The number of carbonyl (C=O) groups excluding carboxylic acids is 1. The molecule has 2 aromatic carbocycles. The van der Waals surface area contributed by atoms with Crippen molar-refractivity contribution >= 4 is 57.6 Å². The van der Waals surface area contributed by atoms with Crippen molar-refractivity contribution in [3.05, 3.63) is 58.0 Å². The van der Waals surface area contributed by atoms with Crippen LogP contribution >= 0.6 is 35.6 Å². The van der Waals surface area contributed by atoms with E-state index < -0.39 is 0 Å². The van der Waals surface area contributed by atoms with Crippen LogP contribution in [0, 0.1) is 0 Å². The first-order valence-corrected chi connectivity index (χ1v) is 9.09. The molecule has 0 unspecified atom stereocenters. The molecule has 0 radical (unpaired) electrons. The summed E-state index contributed by atoms with van der Waals surface area (Å²) in [5.74, 6) is 0.232. The van der Waals surface area contributed by atoms with E-state index in [1.807, 2.05) is 6.92 Å². The molecule has 0 aliphatic carbocycles. The van der Waals surface area contributed by atoms with Crippen LogP contribution < -0.4 is 9.64 Å². The molecule has 1 amide bonds. The average Bonchev–Trinajstić information content (AvgIpc) is 2.85. The number of aromatic hydroxyl groups is 1. The summed E-state index contributed by atoms with van der Waals surface area (Å²) in [4.78, 5) is 14.7. The van der Waals surface area contributed by atoms with Gasteiger partial charge in [0, 0.05) is 5.02 Å². The molecule has 3 rings (SSSR count). The molecule has 0 aromatic heterocycles. The predicted molar refractivity (Wildman–Crippen MR) is 106 cm³/mol. The van der Waals surface area contributed by atoms with Crippen LogP contribution in [0.4, 0.5) is 5.69 Å². The minimum absolute atomic E-state index is 0.0606. The number of hydrogen-bond donors (Lipinski definition) is 1. The van der Waals surface area contributed by atoms with E-state index in [4.69, 9.17) is 28.6 Å². The molecule has 1 saturated heterocycles. The molecule has 0 bridgehead atoms. The standard InChI is InChI=1S/C18H14ClNO3S2/c1-2-23-15-8-11(6-7-14(15)21)9-16-17(22)20(18(24)25-16)13-5-3-4-12(19)10-13/h3-10,21H,2H2,1H3/b16-9-. The van der Waals surface area contributed by atoms with E-state index in [1.165, 1.54) is 22.7 Å². The zero-order valence-electron chi connectivity index (χ0n) is 13.2. The second-order valence-electron chi connectivity index (χ2n) is 5.16. The van der Waals surface area contributed by atoms with Crippen molar-refractivity contribution in [3.63, 3.8) is 0 Å². The summed E-state index contributed by atoms with van der Waals surface area (Å²) in [6.45, 7) is 2.27. The van der Waals surface area contributed by atoms with Gasteiger partial charge in [0.05, 0.1) is 17.2 Å². The molecule has 128 valence electrons. The van der Waals surface area contributed by atoms with E-state index in [1.54, 1.807) is 42.5 Å². The second kappa shape index (κ2) is 7.47. The maximum absolute atomic E-state index is 12.7. The fourth-order valence-electron chi connectivity index (χ4n) is 2.35. The molecule has 1 aliphatic heterocycles. The van der Waals surface area contributed by atoms with Crippen molar-refractivity contribution in [2.24, 2.45) is 0 Å². The highest BCUT2D eigenvalue weighted by Gasteiger charge is 2.33. The van der Waals surface area contributed by atoms with Crippen LogP contribution in [0.2, 0.25) is 5.02 Å². The predicted octanol–water partition coefficient (Wildman–Crippen LogP) is 4.85. The highest BCUT2D eigenvalue weighted by atomic mass is 35.5. The Kier molecular flexibility index (Phi) is 5.32. The number of halogens is 1. The summed E-state index contributed by atoms with van der Waals surface area (Å²) < 4.78 is 5.82. The van der Waals surface area contributed by atoms with Gasteiger partial charge in [0.2, 0.25) is 0 Å². The Morgan fingerprint density at radius 3 is 2.84 bits per heavy atom. The number of benzene rings is 2. The zero-order chi connectivity index (χ0) is 18.0. The molecule has 0 saturated carbocycles. The first kappa shape index (κ1) is 17.8. The van der Waals surface area contributed by atoms with E-state index in [0.717, 1.165) is 5.56 Å². The van der Waals surface area contributed by atoms with E-state index in [2.05, 4.69) is 0 Å². The first-order chi connectivity index (χ1) is 12.0. The van der Waals surface area contributed by atoms with Gasteiger partial charge in [-0.15, -0.1) is 0 Å². The maximum atomic E-state index is 12.7. The number of phenolic OH excluding ortho intramolecular Hbond substituents is 1. The molecule has 25 heavy (non-hydrogen) atoms. The third kappa shape index (κ3) is 3.81. The molecule has 1 aliphatic rings. The van der Waals surface area contributed by atoms with Crippen LogP contribution in [0.5, 0.6) is 11.5 Å². The lowest BCUT2D eigenvalue weighted by molar-refractivity contribution is -0.113. The van der Waals surface area contributed by atoms with Gasteiger partial charge >= 0.3 is 0 Å². The molecule has 1 fully saturated rings. The van der Waals surface area contributed by atoms with Crippen LogP contribution in [-0.2, 0) is 4.79 Å². The molecule has 7 heteroatoms. The third-order valence-corrected chi connectivity index (χ3v) is 4.98. The van der Waals surface area contributed by atoms with Gasteiger partial charge in [0.15, 0.2) is 15.8 Å². The van der Waals surface area contributed by atoms with Crippen LogP contribution in [0.25, 0.3) is 6.08 Å². The van der Waals surface area contributed by atoms with Crippen molar-refractivity contribution in [2.45, 2.75) is 6.92 Å². The van der Waals surface area contributed by atoms with Gasteiger partial charge in [-0.05, 0) is 48.9 Å². The number of carbonyl (C=O) groups is 1. The fourth-order valence-corrected chi connectivity index (χ4v) is 3.83. The molecule has 0 spiro atoms. The summed E-state index contributed by atoms with van der Waals surface area (Å²) >= 11 is 12.6. The Bertz CT molecular complexity index is 882. The number of thiocarbonyl (C=S) groups is 1. The number of anilines is 1. The van der Waals surface area contributed by atoms with Crippen LogP contribution in [-0.4, -0.2) is 21.9 Å². The molecular formula is C18H14ClNO3S2. The molecular weight excluding hydrogens is 378 g/mol. The Morgan fingerprint density at radius 2 is 2.12 bits per heavy atom. The van der Waals surface area contributed by atoms with E-state index in [9.17, 15) is 9.90 Å². The largest absolute Gasteiger partial charge is 0.504 e. The number of ether oxygens (including phenoxy) is 1. The van der Waals surface area contributed by atoms with E-state index >= 15 is 0 Å². The summed E-state index contributed by atoms with van der Waals surface area (Å²) in [6, 6.07) is 11.9. The van der Waals surface area contributed by atoms with Gasteiger partial charge in [0.1, 0.15) is 0 Å². The Labute approximate surface area is 160 Å². The van der Waals surface area contributed by atoms with Gasteiger partial charge < -0.3 is 9.84 Å². The van der Waals surface area contributed by atoms with Crippen LogP contribution in [0.15, 0.2) is 47.4 Å². The van der Waals surface area contributed by atoms with Gasteiger partial charge in [-0.1, -0.05) is 47.7 Å². The lowest BCUT2D eigenvalue weighted by Crippen LogP contribution is -2.27. The van der Waals surface area contributed by atoms with Crippen molar-refractivity contribution in [1.82, 2.24) is 0 Å². The first-order valence-electron chi connectivity index (χ1n) is 7.49. The van der Waals surface area contributed by atoms with Crippen LogP contribution in [0.1, 0.15) is 12.5 Å². The molecule has 2 aromatic rings. The number of rotatable bonds is 4. The topological polar surface area (TPSA) is 49.8 Å². The molecule has 0 atom stereocenters. The average molecular weight is 392 g/mol. The minimum atomic E-state index is -0.205. The third-order valence-electron chi connectivity index (χ3n) is 3.44. The highest BCUT2D eigenvalue weighted by Crippen LogP contribution is 2.37. The van der Waals surface area contributed by atoms with E-state index in [0.29, 0.717) is 32.3 Å². The van der Waals surface area contributed by atoms with Crippen molar-refractivity contribution in [2.75, 3.05) is 11.5 Å².